The monoisotopic (exact) mass is 151 g/mol. The van der Waals surface area contributed by atoms with Crippen LogP contribution in [-0.2, 0) is 0 Å². The molecule has 0 aliphatic carbocycles. The molecular formula is C10H14O. The second-order valence-corrected chi connectivity index (χ2v) is 3.18. The Bertz CT molecular complexity index is 269. The van der Waals surface area contributed by atoms with Gasteiger partial charge in [-0.1, -0.05) is 26.0 Å². The van der Waals surface area contributed by atoms with Crippen molar-refractivity contribution in [3.05, 3.63) is 29.3 Å². The van der Waals surface area contributed by atoms with Gasteiger partial charge in [0.25, 0.3) is 1.43 Å². The van der Waals surface area contributed by atoms with Crippen molar-refractivity contribution in [1.29, 1.82) is 1.43 Å². The summed E-state index contributed by atoms with van der Waals surface area (Å²) in [6, 6.07) is 5.98. The zero-order valence-electron chi connectivity index (χ0n) is 8.22. The summed E-state index contributed by atoms with van der Waals surface area (Å²) in [6.45, 7) is 6.19. The minimum atomic E-state index is 0.486. The molecule has 0 saturated heterocycles. The van der Waals surface area contributed by atoms with E-state index in [1.54, 1.807) is 0 Å². The van der Waals surface area contributed by atoms with Crippen molar-refractivity contribution in [3.8, 4) is 5.75 Å². The summed E-state index contributed by atoms with van der Waals surface area (Å²) in [4.78, 5) is 0. The highest BCUT2D eigenvalue weighted by molar-refractivity contribution is 5.36. The third-order valence-electron chi connectivity index (χ3n) is 1.88. The van der Waals surface area contributed by atoms with Crippen LogP contribution in [-0.4, -0.2) is 6.54 Å². The SMILES string of the molecule is [2H]Oc1cc(C(C)C)ccc1C. The van der Waals surface area contributed by atoms with Crippen LogP contribution in [0.2, 0.25) is 0 Å². The fourth-order valence-electron chi connectivity index (χ4n) is 0.976. The maximum atomic E-state index is 6.82. The summed E-state index contributed by atoms with van der Waals surface area (Å²) < 4.78 is 6.82. The number of phenolic OH excluding ortho intramolecular Hbond substituents is 1. The lowest BCUT2D eigenvalue weighted by Crippen LogP contribution is -1.86. The topological polar surface area (TPSA) is 20.2 Å². The lowest BCUT2D eigenvalue weighted by atomic mass is 10.0. The fourth-order valence-corrected chi connectivity index (χ4v) is 0.976. The number of hydrogen-bond acceptors (Lipinski definition) is 1. The number of phenols is 1. The van der Waals surface area contributed by atoms with Crippen LogP contribution in [0.3, 0.4) is 0 Å². The van der Waals surface area contributed by atoms with Gasteiger partial charge in [-0.3, -0.25) is 0 Å². The number of hydrogen-bond donors (Lipinski definition) is 1. The first-order valence-corrected chi connectivity index (χ1v) is 3.89. The van der Waals surface area contributed by atoms with Crippen LogP contribution in [0.5, 0.6) is 5.75 Å². The fraction of sp³-hybridized carbons (Fsp3) is 0.400. The Morgan fingerprint density at radius 2 is 2.18 bits per heavy atom. The van der Waals surface area contributed by atoms with Gasteiger partial charge in [0.2, 0.25) is 0 Å². The van der Waals surface area contributed by atoms with Gasteiger partial charge >= 0.3 is 0 Å². The van der Waals surface area contributed by atoms with Crippen LogP contribution in [0.1, 0.15) is 30.9 Å². The zero-order chi connectivity index (χ0) is 9.14. The average molecular weight is 151 g/mol. The lowest BCUT2D eigenvalue weighted by Gasteiger charge is -2.06. The van der Waals surface area contributed by atoms with E-state index in [4.69, 9.17) is 1.43 Å². The summed E-state index contributed by atoms with van der Waals surface area (Å²) >= 11 is 0. The van der Waals surface area contributed by atoms with Crippen LogP contribution in [0.25, 0.3) is 0 Å². The zero-order valence-corrected chi connectivity index (χ0v) is 7.22. The van der Waals surface area contributed by atoms with Gasteiger partial charge in [0.05, 0.1) is 0 Å². The molecule has 0 aliphatic rings. The van der Waals surface area contributed by atoms with Crippen LogP contribution in [0.4, 0.5) is 0 Å². The Morgan fingerprint density at radius 3 is 2.73 bits per heavy atom. The first kappa shape index (κ1) is 6.71. The molecule has 0 aliphatic heterocycles. The maximum absolute atomic E-state index is 6.82. The van der Waals surface area contributed by atoms with E-state index in [-0.39, 0.29) is 0 Å². The number of rotatable bonds is 2. The van der Waals surface area contributed by atoms with E-state index in [2.05, 4.69) is 25.0 Å². The third-order valence-corrected chi connectivity index (χ3v) is 1.88. The standard InChI is InChI=1S/C10H14O/c1-7(2)9-5-4-8(3)10(11)6-9/h4-7,11H,1-3H3/i/hD. The van der Waals surface area contributed by atoms with Crippen LogP contribution >= 0.6 is 0 Å². The van der Waals surface area contributed by atoms with Crippen molar-refractivity contribution >= 4 is 0 Å². The number of benzene rings is 1. The van der Waals surface area contributed by atoms with Gasteiger partial charge in [0.1, 0.15) is 5.75 Å². The first-order valence-electron chi connectivity index (χ1n) is 4.29. The number of aryl methyl sites for hydroxylation is 1. The molecule has 0 atom stereocenters. The maximum Gasteiger partial charge on any atom is 0.293 e. The average Bonchev–Trinajstić information content (AvgIpc) is 2.05. The highest BCUT2D eigenvalue weighted by Gasteiger charge is 2.00. The van der Waals surface area contributed by atoms with Crippen LogP contribution in [0, 0.1) is 6.92 Å². The Balaban J connectivity index is 3.05. The van der Waals surface area contributed by atoms with Crippen molar-refractivity contribution in [3.63, 3.8) is 0 Å². The van der Waals surface area contributed by atoms with Crippen molar-refractivity contribution in [2.45, 2.75) is 26.7 Å². The van der Waals surface area contributed by atoms with E-state index in [0.717, 1.165) is 5.56 Å². The van der Waals surface area contributed by atoms with Gasteiger partial charge in [-0.15, -0.1) is 0 Å². The summed E-state index contributed by atoms with van der Waals surface area (Å²) in [5, 5.41) is 4.49. The van der Waals surface area contributed by atoms with Crippen LogP contribution < -0.4 is 0 Å². The molecule has 1 rings (SSSR count). The molecule has 60 valence electrons. The van der Waals surface area contributed by atoms with Gasteiger partial charge in [0.15, 0.2) is 0 Å². The van der Waals surface area contributed by atoms with Crippen molar-refractivity contribution in [2.24, 2.45) is 0 Å². The molecule has 0 aromatic heterocycles. The molecule has 0 saturated carbocycles. The van der Waals surface area contributed by atoms with Gasteiger partial charge in [-0.25, -0.2) is 0 Å². The normalized spacial score (nSPS) is 11.5. The molecule has 0 heterocycles. The minimum Gasteiger partial charge on any atom is -0.508 e. The Labute approximate surface area is 69.2 Å². The second-order valence-electron chi connectivity index (χ2n) is 3.18. The van der Waals surface area contributed by atoms with E-state index in [0.29, 0.717) is 11.7 Å². The quantitative estimate of drug-likeness (QED) is 0.689. The predicted molar refractivity (Wildman–Crippen MR) is 46.9 cm³/mol. The smallest absolute Gasteiger partial charge is 0.293 e. The molecule has 0 amide bonds. The Morgan fingerprint density at radius 1 is 1.45 bits per heavy atom. The molecule has 1 heteroatoms. The highest BCUT2D eigenvalue weighted by atomic mass is 16.3. The molecule has 0 bridgehead atoms. The summed E-state index contributed by atoms with van der Waals surface area (Å²) in [7, 11) is 0. The Hall–Kier alpha value is -0.980. The predicted octanol–water partition coefficient (Wildman–Crippen LogP) is 2.82. The summed E-state index contributed by atoms with van der Waals surface area (Å²) in [6.07, 6.45) is 0. The van der Waals surface area contributed by atoms with E-state index in [1.165, 1.54) is 5.56 Å². The van der Waals surface area contributed by atoms with Crippen molar-refractivity contribution in [1.82, 2.24) is 0 Å². The third kappa shape index (κ3) is 1.73. The van der Waals surface area contributed by atoms with E-state index in [9.17, 15) is 0 Å². The van der Waals surface area contributed by atoms with Crippen molar-refractivity contribution in [2.75, 3.05) is 0 Å². The molecule has 0 fully saturated rings. The van der Waals surface area contributed by atoms with E-state index < -0.39 is 0 Å². The second kappa shape index (κ2) is 2.95. The molecule has 0 unspecified atom stereocenters. The van der Waals surface area contributed by atoms with E-state index in [1.807, 2.05) is 19.1 Å². The lowest BCUT2D eigenvalue weighted by molar-refractivity contribution is 0.470. The van der Waals surface area contributed by atoms with Crippen LogP contribution in [0.15, 0.2) is 18.2 Å². The van der Waals surface area contributed by atoms with E-state index >= 15 is 0 Å². The molecule has 1 N–H and O–H groups in total. The van der Waals surface area contributed by atoms with Gasteiger partial charge in [-0.05, 0) is 30.0 Å². The molecule has 1 aromatic carbocycles. The first-order chi connectivity index (χ1) is 5.65. The number of aromatic hydroxyl groups is 1. The summed E-state index contributed by atoms with van der Waals surface area (Å²) in [5.41, 5.74) is 2.22. The molecule has 0 spiro atoms. The Kier molecular flexibility index (Phi) is 1.80. The molecule has 0 radical (unpaired) electrons. The van der Waals surface area contributed by atoms with Crippen molar-refractivity contribution < 1.29 is 5.11 Å². The highest BCUT2D eigenvalue weighted by Crippen LogP contribution is 2.22. The molecule has 11 heavy (non-hydrogen) atoms. The molecular weight excluding hydrogens is 136 g/mol. The van der Waals surface area contributed by atoms with Gasteiger partial charge in [-0.2, -0.15) is 0 Å². The molecule has 1 nitrogen and oxygen atoms in total. The van der Waals surface area contributed by atoms with Gasteiger partial charge in [0, 0.05) is 0 Å². The molecule has 1 aromatic rings. The van der Waals surface area contributed by atoms with Gasteiger partial charge < -0.3 is 5.11 Å². The minimum absolute atomic E-state index is 0.486. The largest absolute Gasteiger partial charge is 0.508 e. The summed E-state index contributed by atoms with van der Waals surface area (Å²) in [5.74, 6) is 1.14.